The van der Waals surface area contributed by atoms with E-state index in [2.05, 4.69) is 35.8 Å². The summed E-state index contributed by atoms with van der Waals surface area (Å²) in [5.74, 6) is 13.5. The molecule has 0 aliphatic carbocycles. The first kappa shape index (κ1) is 19.4. The largest absolute Gasteiger partial charge is 0.497 e. The molecule has 0 saturated carbocycles. The Hall–Kier alpha value is -4.60. The van der Waals surface area contributed by atoms with Gasteiger partial charge in [-0.3, -0.25) is 0 Å². The molecule has 0 atom stereocenters. The highest BCUT2D eigenvalue weighted by Crippen LogP contribution is 2.23. The van der Waals surface area contributed by atoms with Gasteiger partial charge in [0, 0.05) is 21.9 Å². The molecule has 0 bridgehead atoms. The number of nitrogens with zero attached hydrogens (tertiary/aromatic N) is 2. The predicted octanol–water partition coefficient (Wildman–Crippen LogP) is 5.59. The smallest absolute Gasteiger partial charge is 0.118 e. The van der Waals surface area contributed by atoms with E-state index in [1.165, 1.54) is 0 Å². The van der Waals surface area contributed by atoms with E-state index in [0.717, 1.165) is 38.7 Å². The Morgan fingerprint density at radius 2 is 1.03 bits per heavy atom. The third kappa shape index (κ3) is 4.15. The average molecular weight is 410 g/mol. The lowest BCUT2D eigenvalue weighted by atomic mass is 10.1. The molecule has 2 heterocycles. The van der Waals surface area contributed by atoms with E-state index in [1.807, 2.05) is 78.9 Å². The minimum absolute atomic E-state index is 0.698. The maximum absolute atomic E-state index is 5.20. The molecule has 3 aromatic carbocycles. The molecule has 150 valence electrons. The van der Waals surface area contributed by atoms with Crippen LogP contribution < -0.4 is 4.74 Å². The first-order valence-corrected chi connectivity index (χ1v) is 10.2. The minimum Gasteiger partial charge on any atom is -0.497 e. The maximum atomic E-state index is 5.20. The lowest BCUT2D eigenvalue weighted by Gasteiger charge is -2.04. The summed E-state index contributed by atoms with van der Waals surface area (Å²) in [5, 5.41) is 2.05. The molecule has 0 aliphatic rings. The van der Waals surface area contributed by atoms with E-state index in [0.29, 0.717) is 11.4 Å². The van der Waals surface area contributed by atoms with Crippen molar-refractivity contribution in [3.63, 3.8) is 0 Å². The Morgan fingerprint density at radius 3 is 1.56 bits per heavy atom. The van der Waals surface area contributed by atoms with Crippen LogP contribution in [0.15, 0.2) is 91.0 Å². The van der Waals surface area contributed by atoms with Gasteiger partial charge in [-0.05, 0) is 72.5 Å². The Labute approximate surface area is 186 Å². The van der Waals surface area contributed by atoms with Gasteiger partial charge in [-0.1, -0.05) is 42.2 Å². The molecule has 5 aromatic rings. The van der Waals surface area contributed by atoms with Crippen LogP contribution in [0.25, 0.3) is 21.8 Å². The first-order valence-electron chi connectivity index (χ1n) is 10.2. The van der Waals surface area contributed by atoms with Crippen LogP contribution in [0.2, 0.25) is 0 Å². The number of benzene rings is 3. The molecule has 0 amide bonds. The van der Waals surface area contributed by atoms with Crippen LogP contribution in [0.4, 0.5) is 0 Å². The van der Waals surface area contributed by atoms with Gasteiger partial charge in [0.25, 0.3) is 0 Å². The van der Waals surface area contributed by atoms with Crippen molar-refractivity contribution in [1.29, 1.82) is 0 Å². The molecule has 3 nitrogen and oxygen atoms in total. The van der Waals surface area contributed by atoms with E-state index in [-0.39, 0.29) is 0 Å². The molecular weight excluding hydrogens is 392 g/mol. The van der Waals surface area contributed by atoms with E-state index < -0.39 is 0 Å². The highest BCUT2D eigenvalue weighted by molar-refractivity contribution is 6.03. The molecule has 2 aromatic heterocycles. The van der Waals surface area contributed by atoms with Gasteiger partial charge in [-0.25, -0.2) is 9.97 Å². The minimum atomic E-state index is 0.698. The van der Waals surface area contributed by atoms with Crippen molar-refractivity contribution in [2.45, 2.75) is 0 Å². The zero-order valence-electron chi connectivity index (χ0n) is 17.5. The normalized spacial score (nSPS) is 10.2. The van der Waals surface area contributed by atoms with Crippen LogP contribution in [0.1, 0.15) is 22.5 Å². The van der Waals surface area contributed by atoms with Gasteiger partial charge >= 0.3 is 0 Å². The molecule has 0 N–H and O–H groups in total. The number of fused-ring (bicyclic) bond motifs is 3. The third-order valence-electron chi connectivity index (χ3n) is 5.05. The van der Waals surface area contributed by atoms with Crippen LogP contribution in [0, 0.1) is 23.7 Å². The summed E-state index contributed by atoms with van der Waals surface area (Å²) in [4.78, 5) is 9.60. The summed E-state index contributed by atoms with van der Waals surface area (Å²) in [7, 11) is 1.65. The molecule has 5 rings (SSSR count). The monoisotopic (exact) mass is 410 g/mol. The fourth-order valence-electron chi connectivity index (χ4n) is 3.38. The second-order valence-corrected chi connectivity index (χ2v) is 7.20. The Balaban J connectivity index is 1.54. The van der Waals surface area contributed by atoms with Gasteiger partial charge in [-0.15, -0.1) is 0 Å². The molecule has 0 aliphatic heterocycles. The quantitative estimate of drug-likeness (QED) is 0.267. The summed E-state index contributed by atoms with van der Waals surface area (Å²) in [5.41, 5.74) is 4.93. The van der Waals surface area contributed by atoms with Crippen molar-refractivity contribution in [3.05, 3.63) is 114 Å². The van der Waals surface area contributed by atoms with Crippen molar-refractivity contribution in [1.82, 2.24) is 9.97 Å². The number of aromatic nitrogens is 2. The molecule has 0 unspecified atom stereocenters. The SMILES string of the molecule is COc1ccc(C#Cc2ccc3ccc4ccc(C#Cc5ccccc5)nc4c3n2)cc1. The number of ether oxygens (including phenoxy) is 1. The standard InChI is InChI=1S/C29H18N2O/c1-32-27-19-9-22(10-20-27)8-16-26-18-14-24-12-11-23-13-17-25(30-28(23)29(24)31-26)15-7-21-5-3-2-4-6-21/h2-6,9-14,17-20H,1H3. The second-order valence-electron chi connectivity index (χ2n) is 7.20. The fourth-order valence-corrected chi connectivity index (χ4v) is 3.38. The highest BCUT2D eigenvalue weighted by atomic mass is 16.5. The lowest BCUT2D eigenvalue weighted by Crippen LogP contribution is -1.91. The van der Waals surface area contributed by atoms with Crippen molar-refractivity contribution in [2.24, 2.45) is 0 Å². The van der Waals surface area contributed by atoms with Gasteiger partial charge in [0.05, 0.1) is 18.1 Å². The highest BCUT2D eigenvalue weighted by Gasteiger charge is 2.05. The van der Waals surface area contributed by atoms with Crippen molar-refractivity contribution >= 4 is 21.8 Å². The Bertz CT molecular complexity index is 1550. The number of hydrogen-bond donors (Lipinski definition) is 0. The zero-order chi connectivity index (χ0) is 21.8. The number of pyridine rings is 2. The number of hydrogen-bond acceptors (Lipinski definition) is 3. The van der Waals surface area contributed by atoms with Gasteiger partial charge in [0.15, 0.2) is 0 Å². The fraction of sp³-hybridized carbons (Fsp3) is 0.0345. The second kappa shape index (κ2) is 8.64. The van der Waals surface area contributed by atoms with Crippen molar-refractivity contribution in [3.8, 4) is 29.4 Å². The number of rotatable bonds is 1. The van der Waals surface area contributed by atoms with Crippen LogP contribution in [0.5, 0.6) is 5.75 Å². The topological polar surface area (TPSA) is 35.0 Å². The van der Waals surface area contributed by atoms with Crippen LogP contribution in [-0.2, 0) is 0 Å². The zero-order valence-corrected chi connectivity index (χ0v) is 17.5. The number of methoxy groups -OCH3 is 1. The predicted molar refractivity (Wildman–Crippen MR) is 128 cm³/mol. The Morgan fingerprint density at radius 1 is 0.531 bits per heavy atom. The first-order chi connectivity index (χ1) is 15.8. The summed E-state index contributed by atoms with van der Waals surface area (Å²) < 4.78 is 5.20. The van der Waals surface area contributed by atoms with Gasteiger partial charge < -0.3 is 4.74 Å². The van der Waals surface area contributed by atoms with E-state index in [4.69, 9.17) is 14.7 Å². The molecule has 0 fully saturated rings. The van der Waals surface area contributed by atoms with Crippen LogP contribution in [-0.4, -0.2) is 17.1 Å². The average Bonchev–Trinajstić information content (AvgIpc) is 2.87. The van der Waals surface area contributed by atoms with Gasteiger partial charge in [0.1, 0.15) is 17.1 Å². The van der Waals surface area contributed by atoms with Gasteiger partial charge in [-0.2, -0.15) is 0 Å². The maximum Gasteiger partial charge on any atom is 0.118 e. The molecule has 0 radical (unpaired) electrons. The van der Waals surface area contributed by atoms with Crippen LogP contribution in [0.3, 0.4) is 0 Å². The van der Waals surface area contributed by atoms with Crippen molar-refractivity contribution < 1.29 is 4.74 Å². The van der Waals surface area contributed by atoms with Gasteiger partial charge in [0.2, 0.25) is 0 Å². The molecule has 32 heavy (non-hydrogen) atoms. The summed E-state index contributed by atoms with van der Waals surface area (Å²) in [6.45, 7) is 0. The summed E-state index contributed by atoms with van der Waals surface area (Å²) in [6, 6.07) is 29.6. The Kier molecular flexibility index (Phi) is 5.23. The van der Waals surface area contributed by atoms with E-state index in [9.17, 15) is 0 Å². The molecule has 3 heteroatoms. The third-order valence-corrected chi connectivity index (χ3v) is 5.05. The molecule has 0 saturated heterocycles. The summed E-state index contributed by atoms with van der Waals surface area (Å²) in [6.07, 6.45) is 0. The van der Waals surface area contributed by atoms with Crippen molar-refractivity contribution in [2.75, 3.05) is 7.11 Å². The molecule has 0 spiro atoms. The summed E-state index contributed by atoms with van der Waals surface area (Å²) >= 11 is 0. The lowest BCUT2D eigenvalue weighted by molar-refractivity contribution is 0.415. The van der Waals surface area contributed by atoms with E-state index >= 15 is 0 Å². The molecular formula is C29H18N2O. The van der Waals surface area contributed by atoms with E-state index in [1.54, 1.807) is 7.11 Å². The van der Waals surface area contributed by atoms with Crippen LogP contribution >= 0.6 is 0 Å².